The predicted octanol–water partition coefficient (Wildman–Crippen LogP) is 1.23. The number of hydrogen-bond donors (Lipinski definition) is 3. The summed E-state index contributed by atoms with van der Waals surface area (Å²) in [6.07, 6.45) is 1.11. The highest BCUT2D eigenvalue weighted by Gasteiger charge is 2.10. The Bertz CT molecular complexity index is 341. The van der Waals surface area contributed by atoms with E-state index in [2.05, 4.69) is 10.6 Å². The quantitative estimate of drug-likeness (QED) is 0.650. The summed E-state index contributed by atoms with van der Waals surface area (Å²) in [5.74, 6) is 0.0563. The van der Waals surface area contributed by atoms with Crippen molar-refractivity contribution in [3.63, 3.8) is 0 Å². The van der Waals surface area contributed by atoms with Crippen LogP contribution >= 0.6 is 0 Å². The van der Waals surface area contributed by atoms with Crippen molar-refractivity contribution in [3.05, 3.63) is 35.9 Å². The molecule has 0 saturated carbocycles. The van der Waals surface area contributed by atoms with Crippen LogP contribution in [0.5, 0.6) is 0 Å². The smallest absolute Gasteiger partial charge is 0.221 e. The second kappa shape index (κ2) is 8.66. The molecule has 1 aromatic carbocycles. The molecule has 1 atom stereocenters. The van der Waals surface area contributed by atoms with Crippen molar-refractivity contribution in [2.75, 3.05) is 19.7 Å². The van der Waals surface area contributed by atoms with Gasteiger partial charge < -0.3 is 15.7 Å². The van der Waals surface area contributed by atoms with Crippen LogP contribution in [0.3, 0.4) is 0 Å². The first kappa shape index (κ1) is 14.7. The Kier molecular flexibility index (Phi) is 7.06. The molecule has 0 fully saturated rings. The van der Waals surface area contributed by atoms with Crippen LogP contribution in [-0.4, -0.2) is 30.7 Å². The van der Waals surface area contributed by atoms with E-state index in [1.165, 1.54) is 0 Å². The fourth-order valence-corrected chi connectivity index (χ4v) is 1.85. The third-order valence-electron chi connectivity index (χ3n) is 2.74. The number of carbonyl (C=O) groups is 1. The highest BCUT2D eigenvalue weighted by Crippen LogP contribution is 2.15. The standard InChI is InChI=1S/C14H22N2O2/c1-2-15-14(18)8-10-16-13(9-11-17)12-6-4-3-5-7-12/h3-7,13,16-17H,2,8-11H2,1H3,(H,15,18). The maximum Gasteiger partial charge on any atom is 0.221 e. The summed E-state index contributed by atoms with van der Waals surface area (Å²) in [6, 6.07) is 10.1. The van der Waals surface area contributed by atoms with Gasteiger partial charge in [0.15, 0.2) is 0 Å². The lowest BCUT2D eigenvalue weighted by atomic mass is 10.0. The second-order valence-electron chi connectivity index (χ2n) is 4.13. The summed E-state index contributed by atoms with van der Waals surface area (Å²) in [7, 11) is 0. The van der Waals surface area contributed by atoms with Crippen molar-refractivity contribution in [3.8, 4) is 0 Å². The Morgan fingerprint density at radius 3 is 2.67 bits per heavy atom. The van der Waals surface area contributed by atoms with E-state index in [4.69, 9.17) is 5.11 Å². The van der Waals surface area contributed by atoms with Crippen LogP contribution < -0.4 is 10.6 Å². The van der Waals surface area contributed by atoms with Gasteiger partial charge in [-0.1, -0.05) is 30.3 Å². The summed E-state index contributed by atoms with van der Waals surface area (Å²) in [5.41, 5.74) is 1.14. The van der Waals surface area contributed by atoms with E-state index in [-0.39, 0.29) is 18.6 Å². The number of hydrogen-bond acceptors (Lipinski definition) is 3. The van der Waals surface area contributed by atoms with Crippen LogP contribution in [0.1, 0.15) is 31.4 Å². The summed E-state index contributed by atoms with van der Waals surface area (Å²) in [4.78, 5) is 11.3. The third-order valence-corrected chi connectivity index (χ3v) is 2.74. The number of benzene rings is 1. The topological polar surface area (TPSA) is 61.4 Å². The lowest BCUT2D eigenvalue weighted by Gasteiger charge is -2.18. The van der Waals surface area contributed by atoms with E-state index in [0.717, 1.165) is 5.56 Å². The van der Waals surface area contributed by atoms with Gasteiger partial charge in [0, 0.05) is 32.2 Å². The largest absolute Gasteiger partial charge is 0.396 e. The van der Waals surface area contributed by atoms with Gasteiger partial charge in [0.25, 0.3) is 0 Å². The minimum Gasteiger partial charge on any atom is -0.396 e. The van der Waals surface area contributed by atoms with Gasteiger partial charge in [-0.25, -0.2) is 0 Å². The average Bonchev–Trinajstić information content (AvgIpc) is 2.39. The first-order chi connectivity index (χ1) is 8.77. The molecule has 1 unspecified atom stereocenters. The van der Waals surface area contributed by atoms with Gasteiger partial charge in [-0.2, -0.15) is 0 Å². The Hall–Kier alpha value is -1.39. The fourth-order valence-electron chi connectivity index (χ4n) is 1.85. The second-order valence-corrected chi connectivity index (χ2v) is 4.13. The molecular weight excluding hydrogens is 228 g/mol. The van der Waals surface area contributed by atoms with Crippen molar-refractivity contribution in [2.24, 2.45) is 0 Å². The predicted molar refractivity (Wildman–Crippen MR) is 72.2 cm³/mol. The first-order valence-electron chi connectivity index (χ1n) is 6.43. The van der Waals surface area contributed by atoms with E-state index >= 15 is 0 Å². The molecule has 4 heteroatoms. The molecule has 0 bridgehead atoms. The van der Waals surface area contributed by atoms with Crippen molar-refractivity contribution in [1.82, 2.24) is 10.6 Å². The van der Waals surface area contributed by atoms with Crippen molar-refractivity contribution in [1.29, 1.82) is 0 Å². The van der Waals surface area contributed by atoms with Gasteiger partial charge in [-0.3, -0.25) is 4.79 Å². The molecule has 100 valence electrons. The lowest BCUT2D eigenvalue weighted by molar-refractivity contribution is -0.120. The van der Waals surface area contributed by atoms with Crippen molar-refractivity contribution in [2.45, 2.75) is 25.8 Å². The minimum atomic E-state index is 0.0563. The molecule has 4 nitrogen and oxygen atoms in total. The van der Waals surface area contributed by atoms with Gasteiger partial charge in [0.05, 0.1) is 0 Å². The Morgan fingerprint density at radius 2 is 2.06 bits per heavy atom. The van der Waals surface area contributed by atoms with Crippen molar-refractivity contribution >= 4 is 5.91 Å². The van der Waals surface area contributed by atoms with Gasteiger partial charge in [0.1, 0.15) is 0 Å². The van der Waals surface area contributed by atoms with Crippen LogP contribution in [-0.2, 0) is 4.79 Å². The molecule has 0 radical (unpaired) electrons. The number of amides is 1. The Balaban J connectivity index is 2.42. The molecule has 0 heterocycles. The lowest BCUT2D eigenvalue weighted by Crippen LogP contribution is -2.29. The molecule has 1 aromatic rings. The van der Waals surface area contributed by atoms with Crippen molar-refractivity contribution < 1.29 is 9.90 Å². The van der Waals surface area contributed by atoms with Crippen LogP contribution in [0.2, 0.25) is 0 Å². The molecule has 18 heavy (non-hydrogen) atoms. The molecular formula is C14H22N2O2. The molecule has 1 amide bonds. The third kappa shape index (κ3) is 5.29. The summed E-state index contributed by atoms with van der Waals surface area (Å²) < 4.78 is 0. The summed E-state index contributed by atoms with van der Waals surface area (Å²) >= 11 is 0. The number of rotatable bonds is 8. The normalized spacial score (nSPS) is 12.1. The maximum absolute atomic E-state index is 11.3. The maximum atomic E-state index is 11.3. The molecule has 0 spiro atoms. The number of carbonyl (C=O) groups excluding carboxylic acids is 1. The van der Waals surface area contributed by atoms with Gasteiger partial charge >= 0.3 is 0 Å². The molecule has 0 aliphatic rings. The van der Waals surface area contributed by atoms with Gasteiger partial charge in [-0.05, 0) is 18.9 Å². The van der Waals surface area contributed by atoms with E-state index in [1.807, 2.05) is 37.3 Å². The van der Waals surface area contributed by atoms with E-state index in [9.17, 15) is 4.79 Å². The minimum absolute atomic E-state index is 0.0563. The van der Waals surface area contributed by atoms with Gasteiger partial charge in [-0.15, -0.1) is 0 Å². The SMILES string of the molecule is CCNC(=O)CCNC(CCO)c1ccccc1. The molecule has 0 aliphatic heterocycles. The molecule has 0 saturated heterocycles. The molecule has 3 N–H and O–H groups in total. The summed E-state index contributed by atoms with van der Waals surface area (Å²) in [6.45, 7) is 3.32. The molecule has 0 aromatic heterocycles. The van der Waals surface area contributed by atoms with Gasteiger partial charge in [0.2, 0.25) is 5.91 Å². The number of nitrogens with one attached hydrogen (secondary N) is 2. The summed E-state index contributed by atoms with van der Waals surface area (Å²) in [5, 5.41) is 15.1. The number of aliphatic hydroxyl groups is 1. The highest BCUT2D eigenvalue weighted by atomic mass is 16.3. The van der Waals surface area contributed by atoms with E-state index in [1.54, 1.807) is 0 Å². The first-order valence-corrected chi connectivity index (χ1v) is 6.43. The zero-order chi connectivity index (χ0) is 13.2. The zero-order valence-electron chi connectivity index (χ0n) is 10.9. The van der Waals surface area contributed by atoms with E-state index in [0.29, 0.717) is 25.9 Å². The molecule has 1 rings (SSSR count). The van der Waals surface area contributed by atoms with Crippen LogP contribution in [0.4, 0.5) is 0 Å². The zero-order valence-corrected chi connectivity index (χ0v) is 10.9. The average molecular weight is 250 g/mol. The Labute approximate surface area is 108 Å². The van der Waals surface area contributed by atoms with Crippen LogP contribution in [0.25, 0.3) is 0 Å². The number of aliphatic hydroxyl groups excluding tert-OH is 1. The van der Waals surface area contributed by atoms with Crippen LogP contribution in [0.15, 0.2) is 30.3 Å². The molecule has 0 aliphatic carbocycles. The monoisotopic (exact) mass is 250 g/mol. The van der Waals surface area contributed by atoms with Crippen LogP contribution in [0, 0.1) is 0 Å². The highest BCUT2D eigenvalue weighted by molar-refractivity contribution is 5.75. The Morgan fingerprint density at radius 1 is 1.33 bits per heavy atom. The fraction of sp³-hybridized carbons (Fsp3) is 0.500. The van der Waals surface area contributed by atoms with E-state index < -0.39 is 0 Å².